The molecule has 0 saturated carbocycles. The van der Waals surface area contributed by atoms with Crippen molar-refractivity contribution in [1.82, 2.24) is 10.1 Å². The first-order valence-corrected chi connectivity index (χ1v) is 5.85. The zero-order valence-corrected chi connectivity index (χ0v) is 10.1. The molecular weight excluding hydrogens is 216 g/mol. The van der Waals surface area contributed by atoms with Crippen LogP contribution in [0.5, 0.6) is 0 Å². The minimum absolute atomic E-state index is 0.349. The van der Waals surface area contributed by atoms with Crippen LogP contribution in [0.3, 0.4) is 0 Å². The van der Waals surface area contributed by atoms with Gasteiger partial charge >= 0.3 is 0 Å². The molecule has 0 radical (unpaired) electrons. The van der Waals surface area contributed by atoms with Crippen molar-refractivity contribution in [3.63, 3.8) is 0 Å². The Morgan fingerprint density at radius 2 is 1.94 bits per heavy atom. The lowest BCUT2D eigenvalue weighted by Gasteiger charge is -1.99. The van der Waals surface area contributed by atoms with Crippen molar-refractivity contribution in [2.75, 3.05) is 0 Å². The van der Waals surface area contributed by atoms with Gasteiger partial charge in [-0.05, 0) is 30.5 Å². The molecule has 2 rings (SSSR count). The fourth-order valence-electron chi connectivity index (χ4n) is 1.55. The van der Waals surface area contributed by atoms with Gasteiger partial charge in [-0.15, -0.1) is 0 Å². The second-order valence-electron chi connectivity index (χ2n) is 3.93. The molecule has 0 bridgehead atoms. The van der Waals surface area contributed by atoms with E-state index in [4.69, 9.17) is 4.52 Å². The highest BCUT2D eigenvalue weighted by atomic mass is 16.5. The van der Waals surface area contributed by atoms with Crippen LogP contribution in [0, 0.1) is 0 Å². The zero-order chi connectivity index (χ0) is 12.3. The normalized spacial score (nSPS) is 12.6. The lowest BCUT2D eigenvalue weighted by molar-refractivity contribution is 0.159. The van der Waals surface area contributed by atoms with Crippen molar-refractivity contribution >= 4 is 0 Å². The van der Waals surface area contributed by atoms with E-state index < -0.39 is 6.10 Å². The molecule has 4 nitrogen and oxygen atoms in total. The molecule has 1 unspecified atom stereocenters. The third-order valence-electron chi connectivity index (χ3n) is 2.74. The van der Waals surface area contributed by atoms with Crippen LogP contribution >= 0.6 is 0 Å². The number of aryl methyl sites for hydroxylation is 1. The third-order valence-corrected chi connectivity index (χ3v) is 2.74. The standard InChI is InChI=1S/C13H16N2O2/c1-3-9-5-7-10(8-6-9)13-14-12(15-17-13)11(16)4-2/h5-8,11,16H,3-4H2,1-2H3. The minimum Gasteiger partial charge on any atom is -0.385 e. The lowest BCUT2D eigenvalue weighted by atomic mass is 10.1. The third kappa shape index (κ3) is 2.53. The molecule has 1 aromatic carbocycles. The Hall–Kier alpha value is -1.68. The molecule has 1 atom stereocenters. The Labute approximate surface area is 100 Å². The summed E-state index contributed by atoms with van der Waals surface area (Å²) in [5.74, 6) is 0.803. The Kier molecular flexibility index (Phi) is 3.54. The minimum atomic E-state index is -0.651. The van der Waals surface area contributed by atoms with Crippen molar-refractivity contribution in [1.29, 1.82) is 0 Å². The van der Waals surface area contributed by atoms with Gasteiger partial charge in [-0.2, -0.15) is 4.98 Å². The smallest absolute Gasteiger partial charge is 0.258 e. The van der Waals surface area contributed by atoms with E-state index in [1.807, 2.05) is 31.2 Å². The summed E-state index contributed by atoms with van der Waals surface area (Å²) in [4.78, 5) is 4.18. The lowest BCUT2D eigenvalue weighted by Crippen LogP contribution is -1.97. The predicted molar refractivity (Wildman–Crippen MR) is 64.4 cm³/mol. The van der Waals surface area contributed by atoms with Gasteiger partial charge < -0.3 is 9.63 Å². The Morgan fingerprint density at radius 3 is 2.53 bits per heavy atom. The molecule has 1 heterocycles. The van der Waals surface area contributed by atoms with Gasteiger partial charge in [0.1, 0.15) is 6.10 Å². The van der Waals surface area contributed by atoms with Gasteiger partial charge in [0, 0.05) is 5.56 Å². The largest absolute Gasteiger partial charge is 0.385 e. The molecule has 4 heteroatoms. The number of hydrogen-bond acceptors (Lipinski definition) is 4. The average Bonchev–Trinajstić information content (AvgIpc) is 2.87. The van der Waals surface area contributed by atoms with Crippen molar-refractivity contribution < 1.29 is 9.63 Å². The molecule has 2 aromatic rings. The van der Waals surface area contributed by atoms with Crippen LogP contribution < -0.4 is 0 Å². The Bertz CT molecular complexity index is 476. The number of nitrogens with zero attached hydrogens (tertiary/aromatic N) is 2. The summed E-state index contributed by atoms with van der Waals surface area (Å²) in [5, 5.41) is 13.4. The molecule has 0 aliphatic heterocycles. The molecule has 90 valence electrons. The fraction of sp³-hybridized carbons (Fsp3) is 0.385. The van der Waals surface area contributed by atoms with E-state index in [0.717, 1.165) is 12.0 Å². The Morgan fingerprint density at radius 1 is 1.24 bits per heavy atom. The highest BCUT2D eigenvalue weighted by Crippen LogP contribution is 2.20. The second kappa shape index (κ2) is 5.10. The summed E-state index contributed by atoms with van der Waals surface area (Å²) in [6, 6.07) is 7.98. The van der Waals surface area contributed by atoms with Gasteiger partial charge in [-0.25, -0.2) is 0 Å². The average molecular weight is 232 g/mol. The number of hydrogen-bond donors (Lipinski definition) is 1. The van der Waals surface area contributed by atoms with Crippen LogP contribution in [-0.2, 0) is 6.42 Å². The molecule has 0 spiro atoms. The van der Waals surface area contributed by atoms with E-state index in [1.54, 1.807) is 0 Å². The SMILES string of the molecule is CCc1ccc(-c2nc(C(O)CC)no2)cc1. The van der Waals surface area contributed by atoms with Crippen molar-refractivity contribution in [3.05, 3.63) is 35.7 Å². The molecular formula is C13H16N2O2. The topological polar surface area (TPSA) is 59.2 Å². The van der Waals surface area contributed by atoms with E-state index >= 15 is 0 Å². The number of rotatable bonds is 4. The van der Waals surface area contributed by atoms with Crippen LogP contribution in [0.25, 0.3) is 11.5 Å². The maximum absolute atomic E-state index is 9.59. The Balaban J connectivity index is 2.24. The first-order valence-electron chi connectivity index (χ1n) is 5.85. The van der Waals surface area contributed by atoms with Crippen LogP contribution in [0.4, 0.5) is 0 Å². The second-order valence-corrected chi connectivity index (χ2v) is 3.93. The molecule has 0 amide bonds. The van der Waals surface area contributed by atoms with Gasteiger partial charge in [0.05, 0.1) is 0 Å². The van der Waals surface area contributed by atoms with Crippen molar-refractivity contribution in [3.8, 4) is 11.5 Å². The number of aliphatic hydroxyl groups is 1. The molecule has 1 N–H and O–H groups in total. The summed E-state index contributed by atoms with van der Waals surface area (Å²) in [6.07, 6.45) is 0.930. The van der Waals surface area contributed by atoms with Gasteiger partial charge in [-0.3, -0.25) is 0 Å². The first-order chi connectivity index (χ1) is 8.24. The zero-order valence-electron chi connectivity index (χ0n) is 10.1. The predicted octanol–water partition coefficient (Wildman–Crippen LogP) is 2.74. The van der Waals surface area contributed by atoms with Crippen molar-refractivity contribution in [2.45, 2.75) is 32.8 Å². The van der Waals surface area contributed by atoms with Gasteiger partial charge in [0.15, 0.2) is 0 Å². The monoisotopic (exact) mass is 232 g/mol. The van der Waals surface area contributed by atoms with Crippen LogP contribution in [0.2, 0.25) is 0 Å². The van der Waals surface area contributed by atoms with Gasteiger partial charge in [-0.1, -0.05) is 31.1 Å². The molecule has 0 fully saturated rings. The van der Waals surface area contributed by atoms with E-state index in [0.29, 0.717) is 18.1 Å². The van der Waals surface area contributed by atoms with E-state index in [1.165, 1.54) is 5.56 Å². The quantitative estimate of drug-likeness (QED) is 0.880. The van der Waals surface area contributed by atoms with E-state index in [9.17, 15) is 5.11 Å². The molecule has 0 saturated heterocycles. The summed E-state index contributed by atoms with van der Waals surface area (Å²) in [6.45, 7) is 3.98. The van der Waals surface area contributed by atoms with Crippen LogP contribution in [0.1, 0.15) is 37.8 Å². The van der Waals surface area contributed by atoms with Crippen LogP contribution in [0.15, 0.2) is 28.8 Å². The molecule has 0 aliphatic carbocycles. The van der Waals surface area contributed by atoms with Gasteiger partial charge in [0.2, 0.25) is 5.82 Å². The highest BCUT2D eigenvalue weighted by molar-refractivity contribution is 5.53. The first kappa shape index (κ1) is 11.8. The molecule has 1 aromatic heterocycles. The summed E-state index contributed by atoms with van der Waals surface area (Å²) >= 11 is 0. The highest BCUT2D eigenvalue weighted by Gasteiger charge is 2.14. The number of aliphatic hydroxyl groups excluding tert-OH is 1. The number of benzene rings is 1. The van der Waals surface area contributed by atoms with E-state index in [2.05, 4.69) is 17.1 Å². The number of aromatic nitrogens is 2. The fourth-order valence-corrected chi connectivity index (χ4v) is 1.55. The maximum Gasteiger partial charge on any atom is 0.258 e. The van der Waals surface area contributed by atoms with Crippen LogP contribution in [-0.4, -0.2) is 15.2 Å². The van der Waals surface area contributed by atoms with E-state index in [-0.39, 0.29) is 0 Å². The van der Waals surface area contributed by atoms with Gasteiger partial charge in [0.25, 0.3) is 5.89 Å². The molecule has 0 aliphatic rings. The molecule has 17 heavy (non-hydrogen) atoms. The summed E-state index contributed by atoms with van der Waals surface area (Å²) < 4.78 is 5.13. The van der Waals surface area contributed by atoms with Crippen molar-refractivity contribution in [2.24, 2.45) is 0 Å². The summed E-state index contributed by atoms with van der Waals surface area (Å²) in [7, 11) is 0. The summed E-state index contributed by atoms with van der Waals surface area (Å²) in [5.41, 5.74) is 2.14. The maximum atomic E-state index is 9.59.